The van der Waals surface area contributed by atoms with Crippen LogP contribution in [0, 0.1) is 0 Å². The van der Waals surface area contributed by atoms with E-state index in [-0.39, 0.29) is 18.1 Å². The standard InChI is InChI=1S/C15H16N6O2/c1-23-10-6-9(7-10)18-14(22)13-12-11(2-3-17-12)19-15(20-13)21-5-4-16-8-21/h2-5,8-10,17H,6-7H2,1H3,(H,18,22). The minimum atomic E-state index is -0.208. The monoisotopic (exact) mass is 312 g/mol. The summed E-state index contributed by atoms with van der Waals surface area (Å²) in [5.41, 5.74) is 1.66. The van der Waals surface area contributed by atoms with Crippen molar-refractivity contribution in [2.24, 2.45) is 0 Å². The molecule has 1 saturated carbocycles. The number of amides is 1. The van der Waals surface area contributed by atoms with Gasteiger partial charge in [0.15, 0.2) is 5.69 Å². The maximum absolute atomic E-state index is 12.6. The second-order valence-corrected chi connectivity index (χ2v) is 5.58. The molecule has 0 bridgehead atoms. The Balaban J connectivity index is 1.65. The second kappa shape index (κ2) is 5.47. The highest BCUT2D eigenvalue weighted by molar-refractivity contribution is 6.03. The fraction of sp³-hybridized carbons (Fsp3) is 0.333. The predicted octanol–water partition coefficient (Wildman–Crippen LogP) is 1.05. The summed E-state index contributed by atoms with van der Waals surface area (Å²) in [6.07, 6.45) is 8.63. The molecule has 1 amide bonds. The normalized spacial score (nSPS) is 20.4. The predicted molar refractivity (Wildman–Crippen MR) is 82.3 cm³/mol. The van der Waals surface area contributed by atoms with Gasteiger partial charge in [0.1, 0.15) is 6.33 Å². The quantitative estimate of drug-likeness (QED) is 0.750. The Morgan fingerprint density at radius 1 is 1.43 bits per heavy atom. The number of aromatic amines is 1. The summed E-state index contributed by atoms with van der Waals surface area (Å²) in [6, 6.07) is 1.95. The molecular formula is C15H16N6O2. The van der Waals surface area contributed by atoms with Gasteiger partial charge in [-0.2, -0.15) is 0 Å². The fourth-order valence-electron chi connectivity index (χ4n) is 2.72. The lowest BCUT2D eigenvalue weighted by Gasteiger charge is -2.34. The molecule has 3 heterocycles. The minimum absolute atomic E-state index is 0.129. The van der Waals surface area contributed by atoms with Crippen LogP contribution in [0.15, 0.2) is 31.0 Å². The molecule has 8 nitrogen and oxygen atoms in total. The van der Waals surface area contributed by atoms with Crippen molar-refractivity contribution in [2.45, 2.75) is 25.0 Å². The summed E-state index contributed by atoms with van der Waals surface area (Å²) >= 11 is 0. The van der Waals surface area contributed by atoms with Crippen molar-refractivity contribution in [3.8, 4) is 5.95 Å². The maximum atomic E-state index is 12.6. The molecule has 118 valence electrons. The zero-order valence-corrected chi connectivity index (χ0v) is 12.6. The molecule has 1 aliphatic rings. The molecule has 0 spiro atoms. The van der Waals surface area contributed by atoms with Crippen molar-refractivity contribution in [3.63, 3.8) is 0 Å². The average molecular weight is 312 g/mol. The fourth-order valence-corrected chi connectivity index (χ4v) is 2.72. The first kappa shape index (κ1) is 13.9. The lowest BCUT2D eigenvalue weighted by molar-refractivity contribution is 0.0175. The van der Waals surface area contributed by atoms with Gasteiger partial charge in [0.2, 0.25) is 5.95 Å². The molecule has 4 rings (SSSR count). The molecule has 3 aromatic heterocycles. The molecule has 2 N–H and O–H groups in total. The molecule has 8 heteroatoms. The third-order valence-corrected chi connectivity index (χ3v) is 4.11. The molecule has 0 unspecified atom stereocenters. The number of ether oxygens (including phenoxy) is 1. The number of hydrogen-bond acceptors (Lipinski definition) is 5. The van der Waals surface area contributed by atoms with Crippen molar-refractivity contribution in [1.29, 1.82) is 0 Å². The Labute approximate surface area is 131 Å². The molecular weight excluding hydrogens is 296 g/mol. The van der Waals surface area contributed by atoms with E-state index in [2.05, 4.69) is 25.3 Å². The van der Waals surface area contributed by atoms with E-state index in [9.17, 15) is 4.79 Å². The summed E-state index contributed by atoms with van der Waals surface area (Å²) in [6.45, 7) is 0. The molecule has 0 aliphatic heterocycles. The summed E-state index contributed by atoms with van der Waals surface area (Å²) < 4.78 is 6.91. The highest BCUT2D eigenvalue weighted by Gasteiger charge is 2.31. The number of rotatable bonds is 4. The van der Waals surface area contributed by atoms with Crippen LogP contribution >= 0.6 is 0 Å². The van der Waals surface area contributed by atoms with Gasteiger partial charge in [0.05, 0.1) is 17.1 Å². The molecule has 23 heavy (non-hydrogen) atoms. The summed E-state index contributed by atoms with van der Waals surface area (Å²) in [5.74, 6) is 0.212. The number of aromatic nitrogens is 5. The van der Waals surface area contributed by atoms with Gasteiger partial charge < -0.3 is 15.0 Å². The zero-order valence-electron chi connectivity index (χ0n) is 12.6. The Hall–Kier alpha value is -2.74. The second-order valence-electron chi connectivity index (χ2n) is 5.58. The SMILES string of the molecule is COC1CC(NC(=O)c2nc(-n3ccnc3)nc3cc[nH]c23)C1. The van der Waals surface area contributed by atoms with Gasteiger partial charge in [0, 0.05) is 31.7 Å². The molecule has 0 atom stereocenters. The van der Waals surface area contributed by atoms with Crippen molar-refractivity contribution < 1.29 is 9.53 Å². The zero-order chi connectivity index (χ0) is 15.8. The lowest BCUT2D eigenvalue weighted by Crippen LogP contribution is -2.47. The van der Waals surface area contributed by atoms with Gasteiger partial charge in [-0.3, -0.25) is 9.36 Å². The number of carbonyl (C=O) groups excluding carboxylic acids is 1. The smallest absolute Gasteiger partial charge is 0.272 e. The van der Waals surface area contributed by atoms with E-state index >= 15 is 0 Å². The minimum Gasteiger partial charge on any atom is -0.381 e. The van der Waals surface area contributed by atoms with E-state index in [1.807, 2.05) is 6.07 Å². The van der Waals surface area contributed by atoms with Crippen LogP contribution in [0.4, 0.5) is 0 Å². The Morgan fingerprint density at radius 2 is 2.30 bits per heavy atom. The van der Waals surface area contributed by atoms with E-state index in [1.54, 1.807) is 36.6 Å². The highest BCUT2D eigenvalue weighted by atomic mass is 16.5. The van der Waals surface area contributed by atoms with Crippen LogP contribution in [0.1, 0.15) is 23.3 Å². The molecule has 1 fully saturated rings. The number of imidazole rings is 1. The highest BCUT2D eigenvalue weighted by Crippen LogP contribution is 2.23. The van der Waals surface area contributed by atoms with Crippen LogP contribution in [0.5, 0.6) is 0 Å². The topological polar surface area (TPSA) is 97.7 Å². The Morgan fingerprint density at radius 3 is 3.04 bits per heavy atom. The third-order valence-electron chi connectivity index (χ3n) is 4.11. The van der Waals surface area contributed by atoms with Crippen molar-refractivity contribution in [1.82, 2.24) is 29.8 Å². The Bertz CT molecular complexity index is 835. The Kier molecular flexibility index (Phi) is 3.30. The van der Waals surface area contributed by atoms with E-state index < -0.39 is 0 Å². The van der Waals surface area contributed by atoms with E-state index in [1.165, 1.54) is 0 Å². The number of carbonyl (C=O) groups is 1. The van der Waals surface area contributed by atoms with Crippen LogP contribution < -0.4 is 5.32 Å². The van der Waals surface area contributed by atoms with Gasteiger partial charge in [-0.15, -0.1) is 0 Å². The van der Waals surface area contributed by atoms with Gasteiger partial charge in [-0.25, -0.2) is 15.0 Å². The van der Waals surface area contributed by atoms with Crippen LogP contribution in [0.3, 0.4) is 0 Å². The van der Waals surface area contributed by atoms with Gasteiger partial charge >= 0.3 is 0 Å². The first-order valence-electron chi connectivity index (χ1n) is 7.41. The largest absolute Gasteiger partial charge is 0.381 e. The average Bonchev–Trinajstić information content (AvgIpc) is 3.19. The first-order chi connectivity index (χ1) is 11.2. The summed E-state index contributed by atoms with van der Waals surface area (Å²) in [7, 11) is 1.69. The number of methoxy groups -OCH3 is 1. The molecule has 1 aliphatic carbocycles. The van der Waals surface area contributed by atoms with Crippen molar-refractivity contribution in [3.05, 3.63) is 36.7 Å². The molecule has 0 radical (unpaired) electrons. The van der Waals surface area contributed by atoms with E-state index in [4.69, 9.17) is 4.74 Å². The van der Waals surface area contributed by atoms with Gasteiger partial charge in [-0.05, 0) is 18.9 Å². The van der Waals surface area contributed by atoms with Gasteiger partial charge in [-0.1, -0.05) is 0 Å². The summed E-state index contributed by atoms with van der Waals surface area (Å²) in [5, 5.41) is 3.00. The molecule has 3 aromatic rings. The van der Waals surface area contributed by atoms with E-state index in [0.29, 0.717) is 22.7 Å². The number of hydrogen-bond donors (Lipinski definition) is 2. The van der Waals surface area contributed by atoms with Crippen LogP contribution in [0.2, 0.25) is 0 Å². The van der Waals surface area contributed by atoms with Crippen molar-refractivity contribution >= 4 is 16.9 Å². The van der Waals surface area contributed by atoms with Crippen LogP contribution in [-0.2, 0) is 4.74 Å². The number of fused-ring (bicyclic) bond motifs is 1. The lowest BCUT2D eigenvalue weighted by atomic mass is 9.89. The summed E-state index contributed by atoms with van der Waals surface area (Å²) in [4.78, 5) is 28.5. The van der Waals surface area contributed by atoms with E-state index in [0.717, 1.165) is 12.8 Å². The number of nitrogens with zero attached hydrogens (tertiary/aromatic N) is 4. The van der Waals surface area contributed by atoms with Crippen LogP contribution in [0.25, 0.3) is 17.0 Å². The van der Waals surface area contributed by atoms with Crippen molar-refractivity contribution in [2.75, 3.05) is 7.11 Å². The number of H-pyrrole nitrogens is 1. The third kappa shape index (κ3) is 2.46. The van der Waals surface area contributed by atoms with Crippen LogP contribution in [-0.4, -0.2) is 49.7 Å². The maximum Gasteiger partial charge on any atom is 0.272 e. The number of nitrogens with one attached hydrogen (secondary N) is 2. The van der Waals surface area contributed by atoms with Gasteiger partial charge in [0.25, 0.3) is 5.91 Å². The molecule has 0 saturated heterocycles. The molecule has 0 aromatic carbocycles. The first-order valence-corrected chi connectivity index (χ1v) is 7.41.